The topological polar surface area (TPSA) is 83.5 Å². The molecule has 0 amide bonds. The van der Waals surface area contributed by atoms with E-state index in [9.17, 15) is 4.79 Å². The standard InChI is InChI=1S/C3H7NO3.Ca.2H/c4-2(1-5)3(6)7;;;/h2,5H,1,4H2,(H,6,7);;;/q;+2;2*-1. The summed E-state index contributed by atoms with van der Waals surface area (Å²) in [5, 5.41) is 15.9. The molecule has 0 aromatic carbocycles. The van der Waals surface area contributed by atoms with E-state index in [-0.39, 0.29) is 40.6 Å². The molecule has 1 atom stereocenters. The summed E-state index contributed by atoms with van der Waals surface area (Å²) in [6, 6.07) is -1.13. The molecule has 4 N–H and O–H groups in total. The van der Waals surface area contributed by atoms with Crippen LogP contribution >= 0.6 is 0 Å². The third-order valence-corrected chi connectivity index (χ3v) is 0.514. The van der Waals surface area contributed by atoms with Gasteiger partial charge in [0.05, 0.1) is 6.61 Å². The van der Waals surface area contributed by atoms with Gasteiger partial charge in [0.25, 0.3) is 0 Å². The Labute approximate surface area is 79.6 Å². The summed E-state index contributed by atoms with van der Waals surface area (Å²) in [6.45, 7) is -0.505. The molecule has 0 rings (SSSR count). The molecule has 8 heavy (non-hydrogen) atoms. The maximum absolute atomic E-state index is 9.65. The number of carboxylic acids is 1. The SMILES string of the molecule is NC(CO)C(=O)O.[Ca+2].[H-].[H-]. The molecule has 0 radical (unpaired) electrons. The maximum Gasteiger partial charge on any atom is 2.00 e. The number of carboxylic acid groups (broad SMARTS) is 1. The Morgan fingerprint density at radius 3 is 2.25 bits per heavy atom. The third kappa shape index (κ3) is 4.80. The average molecular weight is 147 g/mol. The van der Waals surface area contributed by atoms with Gasteiger partial charge in [-0.15, -0.1) is 0 Å². The van der Waals surface area contributed by atoms with Gasteiger partial charge in [-0.2, -0.15) is 0 Å². The van der Waals surface area contributed by atoms with E-state index >= 15 is 0 Å². The minimum atomic E-state index is -1.18. The predicted molar refractivity (Wildman–Crippen MR) is 30.7 cm³/mol. The molecule has 4 nitrogen and oxygen atoms in total. The monoisotopic (exact) mass is 147 g/mol. The van der Waals surface area contributed by atoms with Crippen LogP contribution in [0.3, 0.4) is 0 Å². The van der Waals surface area contributed by atoms with Crippen molar-refractivity contribution >= 4 is 43.7 Å². The first-order chi connectivity index (χ1) is 3.18. The molecule has 0 aliphatic rings. The van der Waals surface area contributed by atoms with Crippen LogP contribution in [0.15, 0.2) is 0 Å². The number of nitrogens with two attached hydrogens (primary N) is 1. The van der Waals surface area contributed by atoms with Crippen LogP contribution in [-0.4, -0.2) is 66.6 Å². The van der Waals surface area contributed by atoms with Gasteiger partial charge < -0.3 is 18.8 Å². The van der Waals surface area contributed by atoms with Crippen LogP contribution in [0.2, 0.25) is 0 Å². The zero-order valence-electron chi connectivity index (χ0n) is 6.37. The van der Waals surface area contributed by atoms with Crippen LogP contribution in [-0.2, 0) is 4.79 Å². The van der Waals surface area contributed by atoms with Crippen LogP contribution in [0.1, 0.15) is 2.85 Å². The summed E-state index contributed by atoms with van der Waals surface area (Å²) in [7, 11) is 0. The zero-order valence-corrected chi connectivity index (χ0v) is 6.58. The molecule has 0 aliphatic carbocycles. The largest absolute Gasteiger partial charge is 2.00 e. The number of aliphatic hydroxyl groups is 1. The van der Waals surface area contributed by atoms with E-state index < -0.39 is 18.6 Å². The molecule has 1 unspecified atom stereocenters. The van der Waals surface area contributed by atoms with Gasteiger partial charge in [0.15, 0.2) is 0 Å². The van der Waals surface area contributed by atoms with Crippen LogP contribution in [0.25, 0.3) is 0 Å². The van der Waals surface area contributed by atoms with Gasteiger partial charge in [-0.3, -0.25) is 4.79 Å². The van der Waals surface area contributed by atoms with E-state index in [2.05, 4.69) is 0 Å². The Balaban J connectivity index is -0.0000000600. The molecule has 0 bridgehead atoms. The first-order valence-corrected chi connectivity index (χ1v) is 1.77. The van der Waals surface area contributed by atoms with Crippen LogP contribution in [0, 0.1) is 0 Å². The Hall–Kier alpha value is 0.650. The van der Waals surface area contributed by atoms with Gasteiger partial charge in [0.1, 0.15) is 6.04 Å². The molecule has 0 saturated carbocycles. The molecular formula is C3H9CaNO3. The van der Waals surface area contributed by atoms with E-state index in [0.717, 1.165) is 0 Å². The van der Waals surface area contributed by atoms with Gasteiger partial charge in [-0.05, 0) is 0 Å². The normalized spacial score (nSPS) is 11.8. The molecular weight excluding hydrogens is 138 g/mol. The van der Waals surface area contributed by atoms with Gasteiger partial charge in [-0.25, -0.2) is 0 Å². The molecule has 0 saturated heterocycles. The second-order valence-electron chi connectivity index (χ2n) is 1.13. The second kappa shape index (κ2) is 5.78. The molecule has 5 heteroatoms. The molecule has 0 aromatic heterocycles. The molecule has 0 aromatic rings. The fourth-order valence-corrected chi connectivity index (χ4v) is 0.0781. The molecule has 0 spiro atoms. The number of hydrogen-bond donors (Lipinski definition) is 3. The van der Waals surface area contributed by atoms with Crippen molar-refractivity contribution in [1.82, 2.24) is 0 Å². The van der Waals surface area contributed by atoms with Crippen LogP contribution < -0.4 is 5.73 Å². The van der Waals surface area contributed by atoms with Crippen molar-refractivity contribution in [3.63, 3.8) is 0 Å². The van der Waals surface area contributed by atoms with E-state index in [1.54, 1.807) is 0 Å². The molecule has 0 fully saturated rings. The number of rotatable bonds is 2. The van der Waals surface area contributed by atoms with E-state index in [1.165, 1.54) is 0 Å². The molecule has 0 aliphatic heterocycles. The van der Waals surface area contributed by atoms with Gasteiger partial charge in [0, 0.05) is 0 Å². The summed E-state index contributed by atoms with van der Waals surface area (Å²) in [5.41, 5.74) is 4.77. The summed E-state index contributed by atoms with van der Waals surface area (Å²) in [5.74, 6) is -1.18. The number of aliphatic carboxylic acids is 1. The Morgan fingerprint density at radius 1 is 1.88 bits per heavy atom. The minimum Gasteiger partial charge on any atom is -1.00 e. The summed E-state index contributed by atoms with van der Waals surface area (Å²) in [4.78, 5) is 9.65. The number of hydrogen-bond acceptors (Lipinski definition) is 3. The second-order valence-corrected chi connectivity index (χ2v) is 1.13. The maximum atomic E-state index is 9.65. The fraction of sp³-hybridized carbons (Fsp3) is 0.667. The van der Waals surface area contributed by atoms with E-state index in [4.69, 9.17) is 15.9 Å². The first kappa shape index (κ1) is 11.4. The Kier molecular flexibility index (Phi) is 8.27. The van der Waals surface area contributed by atoms with Crippen LogP contribution in [0.4, 0.5) is 0 Å². The summed E-state index contributed by atoms with van der Waals surface area (Å²) < 4.78 is 0. The predicted octanol–water partition coefficient (Wildman–Crippen LogP) is -1.77. The quantitative estimate of drug-likeness (QED) is 0.404. The average Bonchev–Trinajstić information content (AvgIpc) is 1.65. The van der Waals surface area contributed by atoms with Crippen LogP contribution in [0.5, 0.6) is 0 Å². The Bertz CT molecular complexity index is 84.1. The molecule has 46 valence electrons. The van der Waals surface area contributed by atoms with Crippen molar-refractivity contribution in [1.29, 1.82) is 0 Å². The van der Waals surface area contributed by atoms with Gasteiger partial charge in [0.2, 0.25) is 0 Å². The zero-order chi connectivity index (χ0) is 5.86. The summed E-state index contributed by atoms with van der Waals surface area (Å²) >= 11 is 0. The fourth-order valence-electron chi connectivity index (χ4n) is 0.0781. The van der Waals surface area contributed by atoms with Crippen molar-refractivity contribution in [3.05, 3.63) is 0 Å². The van der Waals surface area contributed by atoms with Crippen molar-refractivity contribution in [3.8, 4) is 0 Å². The third-order valence-electron chi connectivity index (χ3n) is 0.514. The smallest absolute Gasteiger partial charge is 1.00 e. The summed E-state index contributed by atoms with van der Waals surface area (Å²) in [6.07, 6.45) is 0. The van der Waals surface area contributed by atoms with Crippen molar-refractivity contribution in [2.24, 2.45) is 5.73 Å². The van der Waals surface area contributed by atoms with E-state index in [0.29, 0.717) is 0 Å². The van der Waals surface area contributed by atoms with Crippen molar-refractivity contribution in [2.75, 3.05) is 6.61 Å². The molecule has 0 heterocycles. The van der Waals surface area contributed by atoms with Crippen molar-refractivity contribution in [2.45, 2.75) is 6.04 Å². The van der Waals surface area contributed by atoms with Gasteiger partial charge >= 0.3 is 43.7 Å². The Morgan fingerprint density at radius 2 is 2.25 bits per heavy atom. The first-order valence-electron chi connectivity index (χ1n) is 1.77. The van der Waals surface area contributed by atoms with Gasteiger partial charge in [-0.1, -0.05) is 0 Å². The minimum absolute atomic E-state index is 0. The number of carbonyl (C=O) groups is 1. The van der Waals surface area contributed by atoms with Crippen molar-refractivity contribution < 1.29 is 17.9 Å². The number of aliphatic hydroxyl groups excluding tert-OH is 1. The van der Waals surface area contributed by atoms with E-state index in [1.807, 2.05) is 0 Å².